The number of aliphatic hydroxyl groups is 1. The largest absolute Gasteiger partial charge is 0.487 e. The van der Waals surface area contributed by atoms with Gasteiger partial charge in [0.1, 0.15) is 29.3 Å². The molecule has 5 nitrogen and oxygen atoms in total. The number of benzene rings is 2. The molecule has 0 aliphatic rings. The Hall–Kier alpha value is -3.34. The lowest BCUT2D eigenvalue weighted by Gasteiger charge is -2.34. The molecule has 3 aromatic rings. The average Bonchev–Trinajstić information content (AvgIpc) is 3.22. The zero-order valence-electron chi connectivity index (χ0n) is 20.4. The molecule has 0 radical (unpaired) electrons. The molecule has 2 aromatic carbocycles. The van der Waals surface area contributed by atoms with Gasteiger partial charge in [0.05, 0.1) is 6.54 Å². The predicted molar refractivity (Wildman–Crippen MR) is 126 cm³/mol. The SMILES string of the molecule is CC(C)(C)C[C@@](O)(Cn1cnc(/C=C/c2ccc(OCC(F)(F)C(F)F)cc2)n1)c1ccc(F)cc1F. The molecule has 1 atom stereocenters. The quantitative estimate of drug-likeness (QED) is 0.313. The maximum atomic E-state index is 14.6. The van der Waals surface area contributed by atoms with E-state index in [1.807, 2.05) is 20.8 Å². The number of rotatable bonds is 10. The third-order valence-corrected chi connectivity index (χ3v) is 5.29. The first-order chi connectivity index (χ1) is 17.2. The van der Waals surface area contributed by atoms with Gasteiger partial charge in [-0.15, -0.1) is 0 Å². The van der Waals surface area contributed by atoms with Gasteiger partial charge in [0.2, 0.25) is 0 Å². The van der Waals surface area contributed by atoms with Crippen LogP contribution in [0.3, 0.4) is 0 Å². The van der Waals surface area contributed by atoms with E-state index < -0.39 is 41.6 Å². The van der Waals surface area contributed by atoms with Gasteiger partial charge in [-0.2, -0.15) is 13.9 Å². The standard InChI is InChI=1S/C26H27F6N3O2/c1-24(2,3)13-25(36,20-10-7-18(27)12-21(20)28)14-35-16-33-22(34-35)11-6-17-4-8-19(9-5-17)37-15-26(31,32)23(29)30/h4-12,16,23,36H,13-15H2,1-3H3/b11-6+/t25-/m1/s1. The Bertz CT molecular complexity index is 1220. The van der Waals surface area contributed by atoms with Crippen molar-refractivity contribution in [1.82, 2.24) is 14.8 Å². The Balaban J connectivity index is 1.71. The van der Waals surface area contributed by atoms with Crippen LogP contribution < -0.4 is 4.74 Å². The topological polar surface area (TPSA) is 60.2 Å². The zero-order chi connectivity index (χ0) is 27.4. The third kappa shape index (κ3) is 7.82. The maximum absolute atomic E-state index is 14.6. The molecular weight excluding hydrogens is 500 g/mol. The second-order valence-electron chi connectivity index (χ2n) is 9.95. The summed E-state index contributed by atoms with van der Waals surface area (Å²) in [6.07, 6.45) is 0.887. The number of ether oxygens (including phenoxy) is 1. The molecule has 11 heteroatoms. The van der Waals surface area contributed by atoms with Gasteiger partial charge in [0.25, 0.3) is 0 Å². The molecule has 0 saturated heterocycles. The first-order valence-corrected chi connectivity index (χ1v) is 11.3. The number of hydrogen-bond donors (Lipinski definition) is 1. The molecule has 200 valence electrons. The van der Waals surface area contributed by atoms with Crippen molar-refractivity contribution in [2.24, 2.45) is 5.41 Å². The molecule has 0 unspecified atom stereocenters. The lowest BCUT2D eigenvalue weighted by Crippen LogP contribution is -2.37. The van der Waals surface area contributed by atoms with E-state index in [9.17, 15) is 31.4 Å². The van der Waals surface area contributed by atoms with Crippen molar-refractivity contribution in [3.8, 4) is 5.75 Å². The van der Waals surface area contributed by atoms with E-state index in [1.165, 1.54) is 41.3 Å². The summed E-state index contributed by atoms with van der Waals surface area (Å²) < 4.78 is 84.5. The highest BCUT2D eigenvalue weighted by Gasteiger charge is 2.41. The Labute approximate surface area is 210 Å². The lowest BCUT2D eigenvalue weighted by molar-refractivity contribution is -0.148. The molecule has 0 fully saturated rings. The van der Waals surface area contributed by atoms with Crippen LogP contribution in [0.25, 0.3) is 12.2 Å². The maximum Gasteiger partial charge on any atom is 0.340 e. The third-order valence-electron chi connectivity index (χ3n) is 5.29. The predicted octanol–water partition coefficient (Wildman–Crippen LogP) is 6.33. The number of halogens is 6. The monoisotopic (exact) mass is 527 g/mol. The number of hydrogen-bond acceptors (Lipinski definition) is 4. The molecule has 0 aliphatic heterocycles. The Morgan fingerprint density at radius 1 is 1.03 bits per heavy atom. The van der Waals surface area contributed by atoms with Crippen molar-refractivity contribution in [3.63, 3.8) is 0 Å². The summed E-state index contributed by atoms with van der Waals surface area (Å²) in [5.74, 6) is -5.58. The van der Waals surface area contributed by atoms with Crippen molar-refractivity contribution in [2.45, 2.75) is 51.7 Å². The van der Waals surface area contributed by atoms with E-state index in [0.717, 1.165) is 12.1 Å². The summed E-state index contributed by atoms with van der Waals surface area (Å²) in [4.78, 5) is 4.15. The van der Waals surface area contributed by atoms with Gasteiger partial charge in [-0.1, -0.05) is 45.0 Å². The van der Waals surface area contributed by atoms with E-state index >= 15 is 0 Å². The summed E-state index contributed by atoms with van der Waals surface area (Å²) in [5, 5.41) is 15.7. The summed E-state index contributed by atoms with van der Waals surface area (Å²) in [6, 6.07) is 8.80. The van der Waals surface area contributed by atoms with E-state index in [1.54, 1.807) is 12.2 Å². The molecule has 0 amide bonds. The minimum absolute atomic E-state index is 0.00559. The van der Waals surface area contributed by atoms with Gasteiger partial charge < -0.3 is 9.84 Å². The van der Waals surface area contributed by atoms with Crippen LogP contribution in [0.2, 0.25) is 0 Å². The summed E-state index contributed by atoms with van der Waals surface area (Å²) in [7, 11) is 0. The number of alkyl halides is 4. The molecule has 1 aromatic heterocycles. The Kier molecular flexibility index (Phi) is 8.36. The molecule has 1 N–H and O–H groups in total. The van der Waals surface area contributed by atoms with Crippen LogP contribution in [0.5, 0.6) is 5.75 Å². The molecule has 3 rings (SSSR count). The van der Waals surface area contributed by atoms with Crippen LogP contribution in [-0.4, -0.2) is 38.8 Å². The van der Waals surface area contributed by atoms with Gasteiger partial charge in [-0.05, 0) is 41.7 Å². The van der Waals surface area contributed by atoms with Gasteiger partial charge in [-0.25, -0.2) is 27.2 Å². The fraction of sp³-hybridized carbons (Fsp3) is 0.385. The molecule has 0 aliphatic carbocycles. The minimum atomic E-state index is -4.25. The van der Waals surface area contributed by atoms with E-state index in [0.29, 0.717) is 5.56 Å². The smallest absolute Gasteiger partial charge is 0.340 e. The Morgan fingerprint density at radius 2 is 1.70 bits per heavy atom. The van der Waals surface area contributed by atoms with E-state index in [2.05, 4.69) is 10.1 Å². The number of nitrogens with zero attached hydrogens (tertiary/aromatic N) is 3. The van der Waals surface area contributed by atoms with Crippen molar-refractivity contribution < 1.29 is 36.2 Å². The summed E-state index contributed by atoms with van der Waals surface area (Å²) in [6.45, 7) is 4.08. The van der Waals surface area contributed by atoms with Crippen LogP contribution in [0, 0.1) is 17.0 Å². The molecule has 1 heterocycles. The lowest BCUT2D eigenvalue weighted by atomic mass is 9.78. The zero-order valence-corrected chi connectivity index (χ0v) is 20.4. The van der Waals surface area contributed by atoms with Gasteiger partial charge >= 0.3 is 12.3 Å². The summed E-state index contributed by atoms with van der Waals surface area (Å²) in [5.41, 5.74) is -1.52. The van der Waals surface area contributed by atoms with Gasteiger partial charge in [-0.3, -0.25) is 0 Å². The first-order valence-electron chi connectivity index (χ1n) is 11.3. The van der Waals surface area contributed by atoms with Crippen LogP contribution in [-0.2, 0) is 12.1 Å². The van der Waals surface area contributed by atoms with Crippen molar-refractivity contribution in [2.75, 3.05) is 6.61 Å². The molecule has 0 saturated carbocycles. The second kappa shape index (κ2) is 11.0. The highest BCUT2D eigenvalue weighted by atomic mass is 19.3. The second-order valence-corrected chi connectivity index (χ2v) is 9.95. The molecule has 0 spiro atoms. The Morgan fingerprint density at radius 3 is 2.30 bits per heavy atom. The fourth-order valence-electron chi connectivity index (χ4n) is 3.80. The molecule has 37 heavy (non-hydrogen) atoms. The van der Waals surface area contributed by atoms with Crippen LogP contribution >= 0.6 is 0 Å². The van der Waals surface area contributed by atoms with Crippen molar-refractivity contribution >= 4 is 12.2 Å². The van der Waals surface area contributed by atoms with Crippen molar-refractivity contribution in [3.05, 3.63) is 77.4 Å². The van der Waals surface area contributed by atoms with Crippen LogP contribution in [0.4, 0.5) is 26.3 Å². The number of aromatic nitrogens is 3. The van der Waals surface area contributed by atoms with Gasteiger partial charge in [0.15, 0.2) is 12.4 Å². The molecular formula is C26H27F6N3O2. The van der Waals surface area contributed by atoms with Crippen molar-refractivity contribution in [1.29, 1.82) is 0 Å². The average molecular weight is 528 g/mol. The van der Waals surface area contributed by atoms with Crippen LogP contribution in [0.15, 0.2) is 48.8 Å². The minimum Gasteiger partial charge on any atom is -0.487 e. The summed E-state index contributed by atoms with van der Waals surface area (Å²) >= 11 is 0. The van der Waals surface area contributed by atoms with Crippen LogP contribution in [0.1, 0.15) is 44.1 Å². The highest BCUT2D eigenvalue weighted by molar-refractivity contribution is 5.66. The van der Waals surface area contributed by atoms with Gasteiger partial charge in [0, 0.05) is 11.6 Å². The fourth-order valence-corrected chi connectivity index (χ4v) is 3.80. The molecule has 0 bridgehead atoms. The van der Waals surface area contributed by atoms with E-state index in [-0.39, 0.29) is 30.1 Å². The normalized spacial score (nSPS) is 14.4. The van der Waals surface area contributed by atoms with E-state index in [4.69, 9.17) is 4.74 Å². The first kappa shape index (κ1) is 28.2. The highest BCUT2D eigenvalue weighted by Crippen LogP contribution is 2.37.